The molecule has 0 aliphatic heterocycles. The van der Waals surface area contributed by atoms with E-state index in [4.69, 9.17) is 0 Å². The zero-order valence-corrected chi connectivity index (χ0v) is 9.14. The third kappa shape index (κ3) is 2.22. The molecule has 0 atom stereocenters. The topological polar surface area (TPSA) is 60.1 Å². The van der Waals surface area contributed by atoms with Gasteiger partial charge < -0.3 is 4.57 Å². The van der Waals surface area contributed by atoms with Gasteiger partial charge in [-0.3, -0.25) is 0 Å². The number of nitroso groups, excluding NO2 is 1. The Morgan fingerprint density at radius 3 is 2.50 bits per heavy atom. The summed E-state index contributed by atoms with van der Waals surface area (Å²) in [5.74, 6) is 0.142. The van der Waals surface area contributed by atoms with Crippen LogP contribution in [0.25, 0.3) is 5.69 Å². The molecule has 0 saturated heterocycles. The summed E-state index contributed by atoms with van der Waals surface area (Å²) in [7, 11) is 0. The van der Waals surface area contributed by atoms with Crippen molar-refractivity contribution >= 4 is 5.82 Å². The standard InChI is InChI=1S/C10H7F3N4O/c1-6-15-8(10(11,12)13)5-17(6)7-2-3-9(16-18)14-4-7/h2-5H,1H3. The van der Waals surface area contributed by atoms with Crippen molar-refractivity contribution in [2.45, 2.75) is 13.1 Å². The Kier molecular flexibility index (Phi) is 2.85. The first-order valence-electron chi connectivity index (χ1n) is 4.85. The lowest BCUT2D eigenvalue weighted by Crippen LogP contribution is -2.04. The van der Waals surface area contributed by atoms with Crippen molar-refractivity contribution < 1.29 is 13.2 Å². The first kappa shape index (κ1) is 12.2. The van der Waals surface area contributed by atoms with Gasteiger partial charge in [-0.1, -0.05) is 0 Å². The molecule has 0 aliphatic carbocycles. The predicted octanol–water partition coefficient (Wildman–Crippen LogP) is 2.99. The fourth-order valence-electron chi connectivity index (χ4n) is 1.45. The van der Waals surface area contributed by atoms with Gasteiger partial charge in [0.05, 0.1) is 11.9 Å². The fraction of sp³-hybridized carbons (Fsp3) is 0.200. The molecule has 94 valence electrons. The third-order valence-corrected chi connectivity index (χ3v) is 2.28. The molecular weight excluding hydrogens is 249 g/mol. The molecule has 0 fully saturated rings. The van der Waals surface area contributed by atoms with Crippen LogP contribution >= 0.6 is 0 Å². The van der Waals surface area contributed by atoms with Gasteiger partial charge in [-0.05, 0) is 24.2 Å². The van der Waals surface area contributed by atoms with Gasteiger partial charge in [-0.25, -0.2) is 9.97 Å². The van der Waals surface area contributed by atoms with Gasteiger partial charge >= 0.3 is 6.18 Å². The third-order valence-electron chi connectivity index (χ3n) is 2.28. The minimum atomic E-state index is -4.49. The van der Waals surface area contributed by atoms with Gasteiger partial charge in [0.1, 0.15) is 5.82 Å². The highest BCUT2D eigenvalue weighted by atomic mass is 19.4. The molecule has 8 heteroatoms. The van der Waals surface area contributed by atoms with Gasteiger partial charge in [0.2, 0.25) is 0 Å². The summed E-state index contributed by atoms with van der Waals surface area (Å²) < 4.78 is 38.6. The second-order valence-electron chi connectivity index (χ2n) is 3.51. The highest BCUT2D eigenvalue weighted by molar-refractivity contribution is 5.38. The smallest absolute Gasteiger partial charge is 0.302 e. The summed E-state index contributed by atoms with van der Waals surface area (Å²) in [6.45, 7) is 1.45. The minimum absolute atomic E-state index is 0.0347. The van der Waals surface area contributed by atoms with Crippen LogP contribution in [-0.4, -0.2) is 14.5 Å². The zero-order valence-electron chi connectivity index (χ0n) is 9.14. The van der Waals surface area contributed by atoms with Crippen LogP contribution in [0.2, 0.25) is 0 Å². The Morgan fingerprint density at radius 1 is 1.33 bits per heavy atom. The van der Waals surface area contributed by atoms with Crippen LogP contribution < -0.4 is 0 Å². The lowest BCUT2D eigenvalue weighted by molar-refractivity contribution is -0.141. The zero-order chi connectivity index (χ0) is 13.3. The normalized spacial score (nSPS) is 11.6. The first-order chi connectivity index (χ1) is 8.41. The maximum absolute atomic E-state index is 12.5. The molecule has 2 aromatic rings. The maximum Gasteiger partial charge on any atom is 0.434 e. The molecule has 0 N–H and O–H groups in total. The molecule has 0 spiro atoms. The van der Waals surface area contributed by atoms with Gasteiger partial charge in [0.15, 0.2) is 11.5 Å². The van der Waals surface area contributed by atoms with E-state index >= 15 is 0 Å². The fourth-order valence-corrected chi connectivity index (χ4v) is 1.45. The summed E-state index contributed by atoms with van der Waals surface area (Å²) in [6.07, 6.45) is -2.36. The molecule has 0 amide bonds. The van der Waals surface area contributed by atoms with Crippen molar-refractivity contribution in [1.82, 2.24) is 14.5 Å². The second-order valence-corrected chi connectivity index (χ2v) is 3.51. The van der Waals surface area contributed by atoms with Crippen molar-refractivity contribution in [3.8, 4) is 5.69 Å². The highest BCUT2D eigenvalue weighted by Crippen LogP contribution is 2.29. The minimum Gasteiger partial charge on any atom is -0.302 e. The van der Waals surface area contributed by atoms with Crippen molar-refractivity contribution in [3.63, 3.8) is 0 Å². The molecule has 0 saturated carbocycles. The number of rotatable bonds is 2. The summed E-state index contributed by atoms with van der Waals surface area (Å²) >= 11 is 0. The Hall–Kier alpha value is -2.25. The number of hydrogen-bond donors (Lipinski definition) is 0. The number of pyridine rings is 1. The van der Waals surface area contributed by atoms with Crippen LogP contribution in [0, 0.1) is 11.8 Å². The van der Waals surface area contributed by atoms with Crippen LogP contribution in [0.15, 0.2) is 29.7 Å². The second kappa shape index (κ2) is 4.21. The molecule has 2 heterocycles. The van der Waals surface area contributed by atoms with E-state index in [0.29, 0.717) is 5.69 Å². The lowest BCUT2D eigenvalue weighted by atomic mass is 10.4. The van der Waals surface area contributed by atoms with E-state index < -0.39 is 11.9 Å². The SMILES string of the molecule is Cc1nc(C(F)(F)F)cn1-c1ccc(N=O)nc1. The van der Waals surface area contributed by atoms with Gasteiger partial charge in [0, 0.05) is 6.20 Å². The summed E-state index contributed by atoms with van der Waals surface area (Å²) in [4.78, 5) is 17.3. The Bertz CT molecular complexity index is 574. The Morgan fingerprint density at radius 2 is 2.06 bits per heavy atom. The van der Waals surface area contributed by atoms with Crippen LogP contribution in [0.4, 0.5) is 19.0 Å². The van der Waals surface area contributed by atoms with E-state index in [1.165, 1.54) is 29.8 Å². The van der Waals surface area contributed by atoms with Crippen LogP contribution in [0.3, 0.4) is 0 Å². The van der Waals surface area contributed by atoms with E-state index in [2.05, 4.69) is 15.1 Å². The lowest BCUT2D eigenvalue weighted by Gasteiger charge is -2.03. The van der Waals surface area contributed by atoms with Crippen molar-refractivity contribution in [1.29, 1.82) is 0 Å². The molecule has 5 nitrogen and oxygen atoms in total. The average molecular weight is 256 g/mol. The summed E-state index contributed by atoms with van der Waals surface area (Å²) in [6, 6.07) is 2.76. The Balaban J connectivity index is 2.44. The molecule has 0 aromatic carbocycles. The van der Waals surface area contributed by atoms with Crippen molar-refractivity contribution in [2.75, 3.05) is 0 Å². The number of aromatic nitrogens is 3. The van der Waals surface area contributed by atoms with Crippen molar-refractivity contribution in [3.05, 3.63) is 41.0 Å². The number of imidazole rings is 1. The quantitative estimate of drug-likeness (QED) is 0.776. The molecular formula is C10H7F3N4O. The van der Waals surface area contributed by atoms with Gasteiger partial charge in [0.25, 0.3) is 0 Å². The maximum atomic E-state index is 12.5. The van der Waals surface area contributed by atoms with E-state index in [1.807, 2.05) is 0 Å². The van der Waals surface area contributed by atoms with E-state index in [9.17, 15) is 18.1 Å². The molecule has 0 unspecified atom stereocenters. The molecule has 0 bridgehead atoms. The number of aryl methyl sites for hydroxylation is 1. The number of halogens is 3. The van der Waals surface area contributed by atoms with Gasteiger partial charge in [-0.2, -0.15) is 13.2 Å². The molecule has 18 heavy (non-hydrogen) atoms. The number of alkyl halides is 3. The van der Waals surface area contributed by atoms with Crippen LogP contribution in [0.1, 0.15) is 11.5 Å². The largest absolute Gasteiger partial charge is 0.434 e. The molecule has 0 aliphatic rings. The predicted molar refractivity (Wildman–Crippen MR) is 56.6 cm³/mol. The van der Waals surface area contributed by atoms with Crippen molar-refractivity contribution in [2.24, 2.45) is 5.18 Å². The highest BCUT2D eigenvalue weighted by Gasteiger charge is 2.34. The first-order valence-corrected chi connectivity index (χ1v) is 4.85. The summed E-state index contributed by atoms with van der Waals surface area (Å²) in [5.41, 5.74) is -0.597. The van der Waals surface area contributed by atoms with Crippen LogP contribution in [-0.2, 0) is 6.18 Å². The van der Waals surface area contributed by atoms with Crippen LogP contribution in [0.5, 0.6) is 0 Å². The number of hydrogen-bond acceptors (Lipinski definition) is 4. The average Bonchev–Trinajstić information content (AvgIpc) is 2.71. The van der Waals surface area contributed by atoms with E-state index in [1.54, 1.807) is 0 Å². The molecule has 2 rings (SSSR count). The van der Waals surface area contributed by atoms with E-state index in [0.717, 1.165) is 6.20 Å². The summed E-state index contributed by atoms with van der Waals surface area (Å²) in [5, 5.41) is 2.61. The number of nitrogens with zero attached hydrogens (tertiary/aromatic N) is 4. The van der Waals surface area contributed by atoms with E-state index in [-0.39, 0.29) is 11.6 Å². The monoisotopic (exact) mass is 256 g/mol. The molecule has 2 aromatic heterocycles. The molecule has 0 radical (unpaired) electrons. The van der Waals surface area contributed by atoms with Gasteiger partial charge in [-0.15, -0.1) is 4.91 Å². The Labute approximate surface area is 99.3 Å².